The van der Waals surface area contributed by atoms with Gasteiger partial charge < -0.3 is 5.32 Å². The molecule has 100 valence electrons. The summed E-state index contributed by atoms with van der Waals surface area (Å²) >= 11 is 3.43. The van der Waals surface area contributed by atoms with E-state index in [9.17, 15) is 4.39 Å². The maximum Gasteiger partial charge on any atom is 0.123 e. The van der Waals surface area contributed by atoms with Gasteiger partial charge in [-0.2, -0.15) is 0 Å². The van der Waals surface area contributed by atoms with Crippen LogP contribution in [0.1, 0.15) is 16.7 Å². The van der Waals surface area contributed by atoms with Crippen molar-refractivity contribution in [2.45, 2.75) is 19.9 Å². The molecule has 0 radical (unpaired) electrons. The van der Waals surface area contributed by atoms with E-state index in [1.54, 1.807) is 12.1 Å². The van der Waals surface area contributed by atoms with E-state index in [2.05, 4.69) is 52.4 Å². The van der Waals surface area contributed by atoms with E-state index in [4.69, 9.17) is 0 Å². The third-order valence-electron chi connectivity index (χ3n) is 3.16. The molecule has 2 aromatic rings. The van der Waals surface area contributed by atoms with E-state index in [1.807, 2.05) is 0 Å². The molecule has 0 aliphatic rings. The number of nitrogens with one attached hydrogen (secondary N) is 1. The van der Waals surface area contributed by atoms with Crippen LogP contribution in [0.3, 0.4) is 0 Å². The topological polar surface area (TPSA) is 12.0 Å². The first kappa shape index (κ1) is 14.2. The molecule has 2 rings (SSSR count). The molecular weight excluding hydrogens is 305 g/mol. The smallest absolute Gasteiger partial charge is 0.123 e. The fourth-order valence-corrected chi connectivity index (χ4v) is 2.40. The molecule has 0 saturated carbocycles. The minimum atomic E-state index is -0.195. The van der Waals surface area contributed by atoms with Gasteiger partial charge in [0.25, 0.3) is 0 Å². The van der Waals surface area contributed by atoms with Gasteiger partial charge in [-0.3, -0.25) is 0 Å². The molecule has 0 fully saturated rings. The minimum Gasteiger partial charge on any atom is -0.312 e. The number of aryl methyl sites for hydroxylation is 1. The van der Waals surface area contributed by atoms with Crippen molar-refractivity contribution < 1.29 is 4.39 Å². The number of hydrogen-bond donors (Lipinski definition) is 1. The third kappa shape index (κ3) is 4.15. The summed E-state index contributed by atoms with van der Waals surface area (Å²) in [5.74, 6) is -0.195. The van der Waals surface area contributed by atoms with Gasteiger partial charge in [-0.1, -0.05) is 40.2 Å². The van der Waals surface area contributed by atoms with Gasteiger partial charge >= 0.3 is 0 Å². The second-order valence-corrected chi connectivity index (χ2v) is 5.44. The highest BCUT2D eigenvalue weighted by Gasteiger charge is 2.02. The zero-order valence-corrected chi connectivity index (χ0v) is 12.5. The second-order valence-electron chi connectivity index (χ2n) is 4.59. The Balaban J connectivity index is 1.84. The first-order valence-electron chi connectivity index (χ1n) is 6.36. The highest BCUT2D eigenvalue weighted by Crippen LogP contribution is 2.17. The van der Waals surface area contributed by atoms with E-state index >= 15 is 0 Å². The Morgan fingerprint density at radius 3 is 2.68 bits per heavy atom. The van der Waals surface area contributed by atoms with Gasteiger partial charge in [0.15, 0.2) is 0 Å². The third-order valence-corrected chi connectivity index (χ3v) is 3.93. The van der Waals surface area contributed by atoms with Crippen LogP contribution in [0.4, 0.5) is 4.39 Å². The van der Waals surface area contributed by atoms with Gasteiger partial charge in [-0.15, -0.1) is 0 Å². The lowest BCUT2D eigenvalue weighted by molar-refractivity contribution is 0.619. The first-order chi connectivity index (χ1) is 9.16. The Labute approximate surface area is 122 Å². The van der Waals surface area contributed by atoms with E-state index < -0.39 is 0 Å². The van der Waals surface area contributed by atoms with E-state index in [-0.39, 0.29) is 5.82 Å². The zero-order valence-electron chi connectivity index (χ0n) is 10.9. The fourth-order valence-electron chi connectivity index (χ4n) is 2.02. The molecule has 1 N–H and O–H groups in total. The maximum atomic E-state index is 13.1. The molecule has 0 bridgehead atoms. The Kier molecular flexibility index (Phi) is 5.11. The van der Waals surface area contributed by atoms with E-state index in [0.29, 0.717) is 6.54 Å². The van der Waals surface area contributed by atoms with Gasteiger partial charge in [0.2, 0.25) is 0 Å². The largest absolute Gasteiger partial charge is 0.312 e. The average Bonchev–Trinajstić information content (AvgIpc) is 2.40. The SMILES string of the molecule is Cc1ccccc1CCNCc1cc(F)ccc1Br. The van der Waals surface area contributed by atoms with Crippen LogP contribution in [-0.4, -0.2) is 6.54 Å². The van der Waals surface area contributed by atoms with E-state index in [1.165, 1.54) is 17.2 Å². The van der Waals surface area contributed by atoms with Crippen molar-refractivity contribution >= 4 is 15.9 Å². The van der Waals surface area contributed by atoms with Gasteiger partial charge in [0.05, 0.1) is 0 Å². The van der Waals surface area contributed by atoms with Crippen molar-refractivity contribution in [2.75, 3.05) is 6.54 Å². The van der Waals surface area contributed by atoms with E-state index in [0.717, 1.165) is 23.0 Å². The molecule has 19 heavy (non-hydrogen) atoms. The van der Waals surface area contributed by atoms with Crippen molar-refractivity contribution in [3.63, 3.8) is 0 Å². The normalized spacial score (nSPS) is 10.7. The van der Waals surface area contributed by atoms with Crippen LogP contribution in [0.25, 0.3) is 0 Å². The quantitative estimate of drug-likeness (QED) is 0.813. The van der Waals surface area contributed by atoms with Crippen molar-refractivity contribution in [1.82, 2.24) is 5.32 Å². The summed E-state index contributed by atoms with van der Waals surface area (Å²) in [6, 6.07) is 13.1. The van der Waals surface area contributed by atoms with Crippen molar-refractivity contribution in [3.8, 4) is 0 Å². The van der Waals surface area contributed by atoms with Crippen LogP contribution < -0.4 is 5.32 Å². The predicted octanol–water partition coefficient (Wildman–Crippen LogP) is 4.23. The molecule has 2 aromatic carbocycles. The molecule has 0 atom stereocenters. The lowest BCUT2D eigenvalue weighted by Gasteiger charge is -2.08. The minimum absolute atomic E-state index is 0.195. The summed E-state index contributed by atoms with van der Waals surface area (Å²) in [6.45, 7) is 3.68. The highest BCUT2D eigenvalue weighted by molar-refractivity contribution is 9.10. The van der Waals surface area contributed by atoms with Crippen molar-refractivity contribution in [3.05, 3.63) is 69.4 Å². The van der Waals surface area contributed by atoms with Crippen LogP contribution >= 0.6 is 15.9 Å². The van der Waals surface area contributed by atoms with Gasteiger partial charge in [0.1, 0.15) is 5.82 Å². The molecular formula is C16H17BrFN. The van der Waals surface area contributed by atoms with Gasteiger partial charge in [0, 0.05) is 11.0 Å². The summed E-state index contributed by atoms with van der Waals surface area (Å²) in [4.78, 5) is 0. The standard InChI is InChI=1S/C16H17BrFN/c1-12-4-2-3-5-13(12)8-9-19-11-14-10-15(18)6-7-16(14)17/h2-7,10,19H,8-9,11H2,1H3. The summed E-state index contributed by atoms with van der Waals surface area (Å²) in [7, 11) is 0. The Bertz CT molecular complexity index is 554. The molecule has 0 amide bonds. The van der Waals surface area contributed by atoms with Crippen LogP contribution in [-0.2, 0) is 13.0 Å². The Morgan fingerprint density at radius 1 is 1.11 bits per heavy atom. The lowest BCUT2D eigenvalue weighted by atomic mass is 10.1. The molecule has 3 heteroatoms. The second kappa shape index (κ2) is 6.83. The zero-order chi connectivity index (χ0) is 13.7. The molecule has 0 saturated heterocycles. The van der Waals surface area contributed by atoms with Crippen LogP contribution in [0, 0.1) is 12.7 Å². The molecule has 1 nitrogen and oxygen atoms in total. The van der Waals surface area contributed by atoms with Crippen LogP contribution in [0.15, 0.2) is 46.9 Å². The van der Waals surface area contributed by atoms with Crippen LogP contribution in [0.2, 0.25) is 0 Å². The molecule has 0 aliphatic carbocycles. The summed E-state index contributed by atoms with van der Waals surface area (Å²) in [6.07, 6.45) is 0.986. The molecule has 0 aliphatic heterocycles. The fraction of sp³-hybridized carbons (Fsp3) is 0.250. The summed E-state index contributed by atoms with van der Waals surface area (Å²) < 4.78 is 14.1. The number of benzene rings is 2. The highest BCUT2D eigenvalue weighted by atomic mass is 79.9. The molecule has 0 spiro atoms. The van der Waals surface area contributed by atoms with Crippen molar-refractivity contribution in [1.29, 1.82) is 0 Å². The maximum absolute atomic E-state index is 13.1. The Morgan fingerprint density at radius 2 is 1.89 bits per heavy atom. The summed E-state index contributed by atoms with van der Waals surface area (Å²) in [5, 5.41) is 3.35. The first-order valence-corrected chi connectivity index (χ1v) is 7.15. The van der Waals surface area contributed by atoms with Gasteiger partial charge in [-0.25, -0.2) is 4.39 Å². The van der Waals surface area contributed by atoms with Crippen molar-refractivity contribution in [2.24, 2.45) is 0 Å². The number of halogens is 2. The molecule has 0 unspecified atom stereocenters. The summed E-state index contributed by atoms with van der Waals surface area (Å²) in [5.41, 5.74) is 3.62. The molecule has 0 heterocycles. The monoisotopic (exact) mass is 321 g/mol. The lowest BCUT2D eigenvalue weighted by Crippen LogP contribution is -2.17. The Hall–Kier alpha value is -1.19. The number of rotatable bonds is 5. The van der Waals surface area contributed by atoms with Crippen LogP contribution in [0.5, 0.6) is 0 Å². The average molecular weight is 322 g/mol. The van der Waals surface area contributed by atoms with Gasteiger partial charge in [-0.05, 0) is 54.8 Å². The molecule has 0 aromatic heterocycles. The number of hydrogen-bond acceptors (Lipinski definition) is 1. The predicted molar refractivity (Wildman–Crippen MR) is 80.7 cm³/mol.